The van der Waals surface area contributed by atoms with E-state index in [4.69, 9.17) is 5.11 Å². The van der Waals surface area contributed by atoms with Crippen LogP contribution in [-0.4, -0.2) is 45.0 Å². The minimum atomic E-state index is -1.38. The lowest BCUT2D eigenvalue weighted by atomic mass is 10.1. The van der Waals surface area contributed by atoms with Crippen LogP contribution in [0.25, 0.3) is 0 Å². The maximum Gasteiger partial charge on any atom is 0.337 e. The first kappa shape index (κ1) is 15.1. The van der Waals surface area contributed by atoms with Gasteiger partial charge in [-0.25, -0.2) is 4.79 Å². The van der Waals surface area contributed by atoms with Crippen LogP contribution in [0.3, 0.4) is 0 Å². The Morgan fingerprint density at radius 3 is 2.53 bits per heavy atom. The number of nitrogens with zero attached hydrogens (tertiary/aromatic N) is 1. The summed E-state index contributed by atoms with van der Waals surface area (Å²) in [6.07, 6.45) is -2.04. The van der Waals surface area contributed by atoms with E-state index in [0.29, 0.717) is 0 Å². The van der Waals surface area contributed by atoms with E-state index in [-0.39, 0.29) is 24.3 Å². The highest BCUT2D eigenvalue weighted by Gasteiger charge is 2.23. The third-order valence-corrected chi connectivity index (χ3v) is 2.38. The van der Waals surface area contributed by atoms with Gasteiger partial charge in [-0.1, -0.05) is 0 Å². The number of carboxylic acid groups (broad SMARTS) is 1. The quantitative estimate of drug-likeness (QED) is 0.628. The standard InChI is InChI=1S/C12H15NO6/c1-2-19-10(15)5-9(14)11(16)8-4-3-7(6-13-8)12(17)18/h3-4,6,9,11,14,16H,2,5H2,1H3,(H,17,18). The number of hydrogen-bond donors (Lipinski definition) is 3. The first-order valence-corrected chi connectivity index (χ1v) is 5.66. The number of rotatable bonds is 6. The highest BCUT2D eigenvalue weighted by molar-refractivity contribution is 5.87. The van der Waals surface area contributed by atoms with Gasteiger partial charge in [0.2, 0.25) is 0 Å². The number of esters is 1. The van der Waals surface area contributed by atoms with E-state index in [1.54, 1.807) is 6.92 Å². The van der Waals surface area contributed by atoms with Gasteiger partial charge in [-0.15, -0.1) is 0 Å². The molecule has 0 bridgehead atoms. The molecule has 104 valence electrons. The molecule has 0 fully saturated rings. The summed E-state index contributed by atoms with van der Waals surface area (Å²) in [4.78, 5) is 25.5. The third kappa shape index (κ3) is 4.31. The Balaban J connectivity index is 2.68. The number of carbonyl (C=O) groups is 2. The SMILES string of the molecule is CCOC(=O)CC(O)C(O)c1ccc(C(=O)O)cn1. The van der Waals surface area contributed by atoms with Gasteiger partial charge in [-0.2, -0.15) is 0 Å². The molecule has 0 saturated heterocycles. The fraction of sp³-hybridized carbons (Fsp3) is 0.417. The molecule has 0 aliphatic carbocycles. The smallest absolute Gasteiger partial charge is 0.337 e. The molecule has 1 rings (SSSR count). The zero-order chi connectivity index (χ0) is 14.4. The maximum atomic E-state index is 11.1. The number of aromatic nitrogens is 1. The summed E-state index contributed by atoms with van der Waals surface area (Å²) in [6.45, 7) is 1.82. The molecule has 1 heterocycles. The normalized spacial score (nSPS) is 13.6. The predicted molar refractivity (Wildman–Crippen MR) is 63.4 cm³/mol. The van der Waals surface area contributed by atoms with Crippen LogP contribution in [0, 0.1) is 0 Å². The summed E-state index contributed by atoms with van der Waals surface area (Å²) in [5.41, 5.74) is 0.0534. The van der Waals surface area contributed by atoms with E-state index in [0.717, 1.165) is 6.20 Å². The van der Waals surface area contributed by atoms with Crippen molar-refractivity contribution >= 4 is 11.9 Å². The summed E-state index contributed by atoms with van der Waals surface area (Å²) in [6, 6.07) is 2.54. The lowest BCUT2D eigenvalue weighted by Crippen LogP contribution is -2.23. The highest BCUT2D eigenvalue weighted by atomic mass is 16.5. The van der Waals surface area contributed by atoms with Gasteiger partial charge in [0, 0.05) is 6.20 Å². The third-order valence-electron chi connectivity index (χ3n) is 2.38. The Labute approximate surface area is 109 Å². The Morgan fingerprint density at radius 2 is 2.05 bits per heavy atom. The summed E-state index contributed by atoms with van der Waals surface area (Å²) in [5, 5.41) is 28.1. The average Bonchev–Trinajstić information content (AvgIpc) is 2.38. The Hall–Kier alpha value is -1.99. The second-order valence-electron chi connectivity index (χ2n) is 3.80. The zero-order valence-electron chi connectivity index (χ0n) is 10.3. The van der Waals surface area contributed by atoms with Crippen LogP contribution in [0.4, 0.5) is 0 Å². The average molecular weight is 269 g/mol. The van der Waals surface area contributed by atoms with Crippen molar-refractivity contribution in [3.05, 3.63) is 29.6 Å². The molecule has 0 aromatic carbocycles. The van der Waals surface area contributed by atoms with Gasteiger partial charge >= 0.3 is 11.9 Å². The molecular formula is C12H15NO6. The van der Waals surface area contributed by atoms with Crippen molar-refractivity contribution in [3.8, 4) is 0 Å². The Morgan fingerprint density at radius 1 is 1.37 bits per heavy atom. The molecule has 0 radical (unpaired) electrons. The largest absolute Gasteiger partial charge is 0.478 e. The van der Waals surface area contributed by atoms with Crippen molar-refractivity contribution in [1.82, 2.24) is 4.98 Å². The van der Waals surface area contributed by atoms with E-state index in [1.807, 2.05) is 0 Å². The lowest BCUT2D eigenvalue weighted by Gasteiger charge is -2.16. The molecule has 2 unspecified atom stereocenters. The second-order valence-corrected chi connectivity index (χ2v) is 3.80. The van der Waals surface area contributed by atoms with Gasteiger partial charge in [0.1, 0.15) is 6.10 Å². The molecule has 1 aromatic heterocycles. The first-order chi connectivity index (χ1) is 8.95. The summed E-state index contributed by atoms with van der Waals surface area (Å²) < 4.78 is 4.64. The van der Waals surface area contributed by atoms with Gasteiger partial charge in [0.15, 0.2) is 0 Å². The van der Waals surface area contributed by atoms with E-state index < -0.39 is 24.1 Å². The van der Waals surface area contributed by atoms with E-state index in [2.05, 4.69) is 9.72 Å². The number of pyridine rings is 1. The van der Waals surface area contributed by atoms with E-state index in [1.165, 1.54) is 12.1 Å². The Kier molecular flexibility index (Phi) is 5.40. The molecule has 3 N–H and O–H groups in total. The number of hydrogen-bond acceptors (Lipinski definition) is 6. The van der Waals surface area contributed by atoms with Gasteiger partial charge in [0.25, 0.3) is 0 Å². The summed E-state index contributed by atoms with van der Waals surface area (Å²) >= 11 is 0. The number of aliphatic hydroxyl groups is 2. The summed E-state index contributed by atoms with van der Waals surface area (Å²) in [7, 11) is 0. The minimum Gasteiger partial charge on any atom is -0.478 e. The molecule has 7 heteroatoms. The van der Waals surface area contributed by atoms with E-state index >= 15 is 0 Å². The van der Waals surface area contributed by atoms with Gasteiger partial charge in [0.05, 0.1) is 30.4 Å². The molecule has 7 nitrogen and oxygen atoms in total. The van der Waals surface area contributed by atoms with Crippen LogP contribution in [0.5, 0.6) is 0 Å². The fourth-order valence-electron chi connectivity index (χ4n) is 1.41. The molecule has 1 aromatic rings. The molecule has 0 amide bonds. The molecule has 0 aliphatic rings. The van der Waals surface area contributed by atoms with Crippen molar-refractivity contribution in [2.24, 2.45) is 0 Å². The monoisotopic (exact) mass is 269 g/mol. The number of aliphatic hydroxyl groups excluding tert-OH is 2. The Bertz CT molecular complexity index is 444. The molecule has 19 heavy (non-hydrogen) atoms. The summed E-state index contributed by atoms with van der Waals surface area (Å²) in [5.74, 6) is -1.77. The van der Waals surface area contributed by atoms with Gasteiger partial charge in [-0.05, 0) is 19.1 Å². The topological polar surface area (TPSA) is 117 Å². The molecule has 2 atom stereocenters. The van der Waals surface area contributed by atoms with Crippen LogP contribution >= 0.6 is 0 Å². The molecule has 0 saturated carbocycles. The van der Waals surface area contributed by atoms with Gasteiger partial charge < -0.3 is 20.1 Å². The van der Waals surface area contributed by atoms with Crippen LogP contribution in [0.15, 0.2) is 18.3 Å². The zero-order valence-corrected chi connectivity index (χ0v) is 10.3. The number of carbonyl (C=O) groups excluding carboxylic acids is 1. The highest BCUT2D eigenvalue weighted by Crippen LogP contribution is 2.17. The van der Waals surface area contributed by atoms with Crippen molar-refractivity contribution in [2.45, 2.75) is 25.6 Å². The molecule has 0 aliphatic heterocycles. The lowest BCUT2D eigenvalue weighted by molar-refractivity contribution is -0.147. The van der Waals surface area contributed by atoms with Crippen molar-refractivity contribution in [1.29, 1.82) is 0 Å². The van der Waals surface area contributed by atoms with Crippen molar-refractivity contribution in [2.75, 3.05) is 6.61 Å². The molecule has 0 spiro atoms. The first-order valence-electron chi connectivity index (χ1n) is 5.66. The van der Waals surface area contributed by atoms with Crippen LogP contribution in [0.2, 0.25) is 0 Å². The number of ether oxygens (including phenoxy) is 1. The fourth-order valence-corrected chi connectivity index (χ4v) is 1.41. The molecular weight excluding hydrogens is 254 g/mol. The van der Waals surface area contributed by atoms with Crippen LogP contribution in [-0.2, 0) is 9.53 Å². The van der Waals surface area contributed by atoms with Crippen LogP contribution in [0.1, 0.15) is 35.5 Å². The van der Waals surface area contributed by atoms with Gasteiger partial charge in [-0.3, -0.25) is 9.78 Å². The van der Waals surface area contributed by atoms with Crippen molar-refractivity contribution < 1.29 is 29.6 Å². The minimum absolute atomic E-state index is 0.0316. The number of carboxylic acids is 1. The van der Waals surface area contributed by atoms with E-state index in [9.17, 15) is 19.8 Å². The van der Waals surface area contributed by atoms with Crippen LogP contribution < -0.4 is 0 Å². The second kappa shape index (κ2) is 6.81. The number of aromatic carboxylic acids is 1. The maximum absolute atomic E-state index is 11.1. The van der Waals surface area contributed by atoms with Crippen molar-refractivity contribution in [3.63, 3.8) is 0 Å². The predicted octanol–water partition coefficient (Wildman–Crippen LogP) is 0.127.